The average Bonchev–Trinajstić information content (AvgIpc) is 2.79. The first-order valence-electron chi connectivity index (χ1n) is 7.60. The molecule has 0 radical (unpaired) electrons. The number of halogens is 1. The Balaban J connectivity index is 1.83. The van der Waals surface area contributed by atoms with Crippen LogP contribution in [0.3, 0.4) is 0 Å². The zero-order valence-electron chi connectivity index (χ0n) is 12.2. The first kappa shape index (κ1) is 14.9. The molecule has 1 aromatic carbocycles. The lowest BCUT2D eigenvalue weighted by molar-refractivity contribution is 0.357. The van der Waals surface area contributed by atoms with E-state index in [1.54, 1.807) is 0 Å². The fraction of sp³-hybridized carbons (Fsp3) is 0.647. The molecule has 0 spiro atoms. The van der Waals surface area contributed by atoms with Gasteiger partial charge in [-0.3, -0.25) is 0 Å². The third-order valence-electron chi connectivity index (χ3n) is 4.19. The second-order valence-corrected chi connectivity index (χ2v) is 6.77. The van der Waals surface area contributed by atoms with Crippen molar-refractivity contribution < 1.29 is 0 Å². The zero-order chi connectivity index (χ0) is 13.7. The summed E-state index contributed by atoms with van der Waals surface area (Å²) in [6.45, 7) is 6.88. The average molecular weight is 280 g/mol. The predicted octanol–water partition coefficient (Wildman–Crippen LogP) is 4.54. The molecule has 1 saturated carbocycles. The van der Waals surface area contributed by atoms with Gasteiger partial charge in [-0.1, -0.05) is 44.0 Å². The van der Waals surface area contributed by atoms with E-state index in [4.69, 9.17) is 11.6 Å². The highest BCUT2D eigenvalue weighted by Crippen LogP contribution is 2.34. The second kappa shape index (κ2) is 7.31. The number of hydrogen-bond donors (Lipinski definition) is 1. The van der Waals surface area contributed by atoms with Crippen molar-refractivity contribution in [3.8, 4) is 0 Å². The predicted molar refractivity (Wildman–Crippen MR) is 83.7 cm³/mol. The summed E-state index contributed by atoms with van der Waals surface area (Å²) < 4.78 is 0. The molecule has 106 valence electrons. The van der Waals surface area contributed by atoms with Crippen LogP contribution in [0.5, 0.6) is 0 Å². The van der Waals surface area contributed by atoms with Crippen LogP contribution in [-0.4, -0.2) is 13.1 Å². The highest BCUT2D eigenvalue weighted by Gasteiger charge is 2.26. The maximum Gasteiger partial charge on any atom is 0.0406 e. The molecular formula is C17H26ClN. The van der Waals surface area contributed by atoms with Gasteiger partial charge in [0.2, 0.25) is 0 Å². The lowest BCUT2D eigenvalue weighted by atomic mass is 9.89. The monoisotopic (exact) mass is 279 g/mol. The van der Waals surface area contributed by atoms with Crippen LogP contribution >= 0.6 is 11.6 Å². The smallest absolute Gasteiger partial charge is 0.0406 e. The van der Waals surface area contributed by atoms with E-state index in [0.29, 0.717) is 0 Å². The van der Waals surface area contributed by atoms with Crippen LogP contribution in [0.25, 0.3) is 0 Å². The van der Waals surface area contributed by atoms with Crippen molar-refractivity contribution in [1.29, 1.82) is 0 Å². The summed E-state index contributed by atoms with van der Waals surface area (Å²) in [5.41, 5.74) is 1.44. The van der Waals surface area contributed by atoms with Crippen molar-refractivity contribution in [3.05, 3.63) is 34.9 Å². The molecule has 1 fully saturated rings. The van der Waals surface area contributed by atoms with Gasteiger partial charge in [0.25, 0.3) is 0 Å². The molecular weight excluding hydrogens is 254 g/mol. The molecule has 2 unspecified atom stereocenters. The topological polar surface area (TPSA) is 12.0 Å². The van der Waals surface area contributed by atoms with Crippen molar-refractivity contribution in [3.63, 3.8) is 0 Å². The second-order valence-electron chi connectivity index (χ2n) is 6.33. The number of hydrogen-bond acceptors (Lipinski definition) is 1. The van der Waals surface area contributed by atoms with Gasteiger partial charge in [0.1, 0.15) is 0 Å². The van der Waals surface area contributed by atoms with Crippen LogP contribution in [0.4, 0.5) is 0 Å². The van der Waals surface area contributed by atoms with Gasteiger partial charge in [-0.2, -0.15) is 0 Å². The minimum Gasteiger partial charge on any atom is -0.316 e. The summed E-state index contributed by atoms with van der Waals surface area (Å²) in [5.74, 6) is 2.45. The minimum absolute atomic E-state index is 0.746. The van der Waals surface area contributed by atoms with Crippen LogP contribution in [-0.2, 0) is 6.42 Å². The standard InChI is InChI=1S/C17H26ClN/c1-13(2)11-19-12-16-5-3-4-15(16)10-14-6-8-17(18)9-7-14/h6-9,13,15-16,19H,3-5,10-12H2,1-2H3. The van der Waals surface area contributed by atoms with E-state index in [2.05, 4.69) is 31.3 Å². The van der Waals surface area contributed by atoms with Gasteiger partial charge in [-0.05, 0) is 67.8 Å². The van der Waals surface area contributed by atoms with Crippen molar-refractivity contribution in [1.82, 2.24) is 5.32 Å². The van der Waals surface area contributed by atoms with E-state index < -0.39 is 0 Å². The highest BCUT2D eigenvalue weighted by atomic mass is 35.5. The van der Waals surface area contributed by atoms with Crippen molar-refractivity contribution in [2.75, 3.05) is 13.1 Å². The molecule has 1 N–H and O–H groups in total. The fourth-order valence-corrected chi connectivity index (χ4v) is 3.26. The molecule has 0 aromatic heterocycles. The minimum atomic E-state index is 0.746. The summed E-state index contributed by atoms with van der Waals surface area (Å²) >= 11 is 5.95. The zero-order valence-corrected chi connectivity index (χ0v) is 12.9. The van der Waals surface area contributed by atoms with Gasteiger partial charge < -0.3 is 5.32 Å². The van der Waals surface area contributed by atoms with Crippen molar-refractivity contribution in [2.45, 2.75) is 39.5 Å². The molecule has 1 aromatic rings. The Kier molecular flexibility index (Phi) is 5.72. The Hall–Kier alpha value is -0.530. The van der Waals surface area contributed by atoms with E-state index in [0.717, 1.165) is 29.3 Å². The molecule has 2 rings (SSSR count). The van der Waals surface area contributed by atoms with Crippen LogP contribution in [0.2, 0.25) is 5.02 Å². The Labute approximate surface area is 122 Å². The molecule has 1 aliphatic rings. The molecule has 1 nitrogen and oxygen atoms in total. The largest absolute Gasteiger partial charge is 0.316 e. The Bertz CT molecular complexity index is 371. The first-order chi connectivity index (χ1) is 9.15. The summed E-state index contributed by atoms with van der Waals surface area (Å²) in [5, 5.41) is 4.47. The van der Waals surface area contributed by atoms with Crippen molar-refractivity contribution in [2.24, 2.45) is 17.8 Å². The van der Waals surface area contributed by atoms with Crippen molar-refractivity contribution >= 4 is 11.6 Å². The van der Waals surface area contributed by atoms with E-state index in [1.165, 1.54) is 37.8 Å². The Morgan fingerprint density at radius 2 is 1.84 bits per heavy atom. The van der Waals surface area contributed by atoms with Gasteiger partial charge >= 0.3 is 0 Å². The van der Waals surface area contributed by atoms with E-state index in [9.17, 15) is 0 Å². The summed E-state index contributed by atoms with van der Waals surface area (Å²) in [6.07, 6.45) is 5.39. The normalized spacial score (nSPS) is 23.2. The third kappa shape index (κ3) is 4.81. The van der Waals surface area contributed by atoms with Crippen LogP contribution < -0.4 is 5.32 Å². The molecule has 1 aliphatic carbocycles. The van der Waals surface area contributed by atoms with Crippen LogP contribution in [0.1, 0.15) is 38.7 Å². The molecule has 19 heavy (non-hydrogen) atoms. The number of nitrogens with one attached hydrogen (secondary N) is 1. The molecule has 2 heteroatoms. The molecule has 0 saturated heterocycles. The van der Waals surface area contributed by atoms with E-state index in [1.807, 2.05) is 12.1 Å². The molecule has 2 atom stereocenters. The lowest BCUT2D eigenvalue weighted by Gasteiger charge is -2.21. The van der Waals surface area contributed by atoms with Gasteiger partial charge in [-0.15, -0.1) is 0 Å². The maximum atomic E-state index is 5.95. The summed E-state index contributed by atoms with van der Waals surface area (Å²) in [6, 6.07) is 8.38. The van der Waals surface area contributed by atoms with Gasteiger partial charge in [0.15, 0.2) is 0 Å². The number of benzene rings is 1. The highest BCUT2D eigenvalue weighted by molar-refractivity contribution is 6.30. The molecule has 0 bridgehead atoms. The third-order valence-corrected chi connectivity index (χ3v) is 4.44. The lowest BCUT2D eigenvalue weighted by Crippen LogP contribution is -2.28. The molecule has 0 amide bonds. The fourth-order valence-electron chi connectivity index (χ4n) is 3.13. The number of rotatable bonds is 6. The Morgan fingerprint density at radius 3 is 2.53 bits per heavy atom. The first-order valence-corrected chi connectivity index (χ1v) is 7.98. The van der Waals surface area contributed by atoms with Gasteiger partial charge in [0.05, 0.1) is 0 Å². The van der Waals surface area contributed by atoms with Crippen LogP contribution in [0, 0.1) is 17.8 Å². The van der Waals surface area contributed by atoms with E-state index >= 15 is 0 Å². The SMILES string of the molecule is CC(C)CNCC1CCCC1Cc1ccc(Cl)cc1. The summed E-state index contributed by atoms with van der Waals surface area (Å²) in [4.78, 5) is 0. The van der Waals surface area contributed by atoms with Crippen LogP contribution in [0.15, 0.2) is 24.3 Å². The summed E-state index contributed by atoms with van der Waals surface area (Å²) in [7, 11) is 0. The molecule has 0 heterocycles. The van der Waals surface area contributed by atoms with Gasteiger partial charge in [0, 0.05) is 5.02 Å². The van der Waals surface area contributed by atoms with E-state index in [-0.39, 0.29) is 0 Å². The van der Waals surface area contributed by atoms with Gasteiger partial charge in [-0.25, -0.2) is 0 Å². The Morgan fingerprint density at radius 1 is 1.16 bits per heavy atom. The maximum absolute atomic E-state index is 5.95. The molecule has 0 aliphatic heterocycles. The quantitative estimate of drug-likeness (QED) is 0.806.